The van der Waals surface area contributed by atoms with Crippen LogP contribution in [0.3, 0.4) is 0 Å². The van der Waals surface area contributed by atoms with E-state index >= 15 is 0 Å². The summed E-state index contributed by atoms with van der Waals surface area (Å²) in [4.78, 5) is 50.0. The molecule has 1 aliphatic heterocycles. The molecule has 0 atom stereocenters. The van der Waals surface area contributed by atoms with E-state index in [0.29, 0.717) is 11.4 Å². The number of nitrogens with zero attached hydrogens (tertiary/aromatic N) is 3. The zero-order valence-corrected chi connectivity index (χ0v) is 17.5. The number of hydrogen-bond donors (Lipinski definition) is 1. The quantitative estimate of drug-likeness (QED) is 0.473. The smallest absolute Gasteiger partial charge is 0.326 e. The van der Waals surface area contributed by atoms with Crippen LogP contribution < -0.4 is 5.32 Å². The molecule has 0 radical (unpaired) electrons. The van der Waals surface area contributed by atoms with Crippen molar-refractivity contribution in [3.8, 4) is 5.69 Å². The van der Waals surface area contributed by atoms with E-state index in [9.17, 15) is 19.2 Å². The summed E-state index contributed by atoms with van der Waals surface area (Å²) in [6.45, 7) is 2.45. The van der Waals surface area contributed by atoms with Gasteiger partial charge in [0.05, 0.1) is 33.9 Å². The minimum Gasteiger partial charge on any atom is -0.454 e. The highest BCUT2D eigenvalue weighted by atomic mass is 16.5. The third-order valence-corrected chi connectivity index (χ3v) is 5.09. The first-order chi connectivity index (χ1) is 15.4. The van der Waals surface area contributed by atoms with Crippen LogP contribution in [0.25, 0.3) is 5.69 Å². The van der Waals surface area contributed by atoms with Crippen LogP contribution in [-0.4, -0.2) is 51.5 Å². The van der Waals surface area contributed by atoms with Crippen LogP contribution in [0.4, 0.5) is 5.69 Å². The molecule has 162 valence electrons. The van der Waals surface area contributed by atoms with Crippen LogP contribution in [0, 0.1) is 13.8 Å². The second-order valence-corrected chi connectivity index (χ2v) is 7.24. The van der Waals surface area contributed by atoms with Crippen LogP contribution in [0.2, 0.25) is 0 Å². The Bertz CT molecular complexity index is 1200. The van der Waals surface area contributed by atoms with Gasteiger partial charge in [-0.1, -0.05) is 30.3 Å². The van der Waals surface area contributed by atoms with E-state index in [2.05, 4.69) is 10.4 Å². The van der Waals surface area contributed by atoms with Gasteiger partial charge in [0.1, 0.15) is 6.54 Å². The Balaban J connectivity index is 1.35. The predicted octanol–water partition coefficient (Wildman–Crippen LogP) is 2.27. The molecule has 1 N–H and O–H groups in total. The van der Waals surface area contributed by atoms with Crippen molar-refractivity contribution in [2.75, 3.05) is 18.5 Å². The number of hydrogen-bond acceptors (Lipinski definition) is 6. The fourth-order valence-corrected chi connectivity index (χ4v) is 3.52. The number of para-hydroxylation sites is 1. The van der Waals surface area contributed by atoms with Gasteiger partial charge in [0.25, 0.3) is 17.7 Å². The summed E-state index contributed by atoms with van der Waals surface area (Å²) in [5.74, 6) is -2.54. The number of anilines is 1. The highest BCUT2D eigenvalue weighted by Gasteiger charge is 2.36. The van der Waals surface area contributed by atoms with Gasteiger partial charge >= 0.3 is 5.97 Å². The van der Waals surface area contributed by atoms with Gasteiger partial charge in [-0.15, -0.1) is 0 Å². The number of ether oxygens (including phenoxy) is 1. The maximum absolute atomic E-state index is 12.3. The Morgan fingerprint density at radius 3 is 2.16 bits per heavy atom. The SMILES string of the molecule is Cc1nn(-c2ccccc2)c(C)c1NC(=O)COC(=O)CN1C(=O)c2ccccc2C1=O. The fourth-order valence-electron chi connectivity index (χ4n) is 3.52. The van der Waals surface area contributed by atoms with Crippen LogP contribution in [0.5, 0.6) is 0 Å². The van der Waals surface area contributed by atoms with Crippen molar-refractivity contribution in [1.29, 1.82) is 0 Å². The summed E-state index contributed by atoms with van der Waals surface area (Å²) in [6.07, 6.45) is 0. The first-order valence-corrected chi connectivity index (χ1v) is 9.89. The Kier molecular flexibility index (Phi) is 5.55. The fraction of sp³-hybridized carbons (Fsp3) is 0.174. The summed E-state index contributed by atoms with van der Waals surface area (Å²) < 4.78 is 6.69. The number of esters is 1. The molecule has 0 aliphatic carbocycles. The molecule has 0 saturated carbocycles. The lowest BCUT2D eigenvalue weighted by atomic mass is 10.1. The first-order valence-electron chi connectivity index (χ1n) is 9.89. The highest BCUT2D eigenvalue weighted by Crippen LogP contribution is 2.23. The van der Waals surface area contributed by atoms with E-state index < -0.39 is 36.8 Å². The molecule has 1 aliphatic rings. The number of fused-ring (bicyclic) bond motifs is 1. The Morgan fingerprint density at radius 2 is 1.53 bits per heavy atom. The molecular weight excluding hydrogens is 412 g/mol. The lowest BCUT2D eigenvalue weighted by Gasteiger charge is -2.13. The molecule has 0 fully saturated rings. The number of carbonyl (C=O) groups is 4. The standard InChI is InChI=1S/C23H20N4O5/c1-14-21(15(2)27(25-14)16-8-4-3-5-9-16)24-19(28)13-32-20(29)12-26-22(30)17-10-6-7-11-18(17)23(26)31/h3-11H,12-13H2,1-2H3,(H,24,28). The van der Waals surface area contributed by atoms with Crippen molar-refractivity contribution < 1.29 is 23.9 Å². The highest BCUT2D eigenvalue weighted by molar-refractivity contribution is 6.22. The number of carbonyl (C=O) groups excluding carboxylic acids is 4. The van der Waals surface area contributed by atoms with Crippen LogP contribution in [0.1, 0.15) is 32.1 Å². The van der Waals surface area contributed by atoms with Gasteiger partial charge in [0.15, 0.2) is 6.61 Å². The molecule has 3 amide bonds. The second-order valence-electron chi connectivity index (χ2n) is 7.24. The summed E-state index contributed by atoms with van der Waals surface area (Å²) in [7, 11) is 0. The molecule has 0 saturated heterocycles. The Morgan fingerprint density at radius 1 is 0.938 bits per heavy atom. The topological polar surface area (TPSA) is 111 Å². The van der Waals surface area contributed by atoms with E-state index in [-0.39, 0.29) is 11.1 Å². The monoisotopic (exact) mass is 432 g/mol. The molecule has 1 aromatic heterocycles. The second kappa shape index (κ2) is 8.46. The molecule has 3 aromatic rings. The molecule has 32 heavy (non-hydrogen) atoms. The third-order valence-electron chi connectivity index (χ3n) is 5.09. The number of rotatable bonds is 6. The van der Waals surface area contributed by atoms with Crippen molar-refractivity contribution in [1.82, 2.24) is 14.7 Å². The van der Waals surface area contributed by atoms with Crippen LogP contribution in [0.15, 0.2) is 54.6 Å². The zero-order valence-electron chi connectivity index (χ0n) is 17.5. The predicted molar refractivity (Wildman–Crippen MR) is 114 cm³/mol. The van der Waals surface area contributed by atoms with Crippen molar-refractivity contribution in [3.63, 3.8) is 0 Å². The lowest BCUT2D eigenvalue weighted by Crippen LogP contribution is -2.36. The minimum atomic E-state index is -0.858. The molecule has 9 heteroatoms. The number of aromatic nitrogens is 2. The molecule has 0 unspecified atom stereocenters. The molecule has 0 spiro atoms. The maximum Gasteiger partial charge on any atom is 0.326 e. The summed E-state index contributed by atoms with van der Waals surface area (Å²) in [6, 6.07) is 15.8. The average Bonchev–Trinajstić information content (AvgIpc) is 3.21. The third kappa shape index (κ3) is 3.87. The van der Waals surface area contributed by atoms with Gasteiger partial charge in [-0.2, -0.15) is 5.10 Å². The van der Waals surface area contributed by atoms with Gasteiger partial charge in [0, 0.05) is 0 Å². The van der Waals surface area contributed by atoms with Crippen molar-refractivity contribution in [3.05, 3.63) is 77.1 Å². The molecule has 4 rings (SSSR count). The van der Waals surface area contributed by atoms with E-state index in [1.165, 1.54) is 12.1 Å². The van der Waals surface area contributed by atoms with Gasteiger partial charge in [-0.05, 0) is 38.1 Å². The van der Waals surface area contributed by atoms with Gasteiger partial charge in [-0.25, -0.2) is 4.68 Å². The molecule has 2 heterocycles. The molecule has 0 bridgehead atoms. The zero-order chi connectivity index (χ0) is 22.8. The van der Waals surface area contributed by atoms with E-state index in [4.69, 9.17) is 4.74 Å². The van der Waals surface area contributed by atoms with Crippen molar-refractivity contribution >= 4 is 29.4 Å². The first kappa shape index (κ1) is 21.0. The summed E-state index contributed by atoms with van der Waals surface area (Å²) in [5, 5.41) is 7.15. The van der Waals surface area contributed by atoms with E-state index in [1.807, 2.05) is 37.3 Å². The summed E-state index contributed by atoms with van der Waals surface area (Å²) >= 11 is 0. The molecule has 2 aromatic carbocycles. The number of benzene rings is 2. The lowest BCUT2D eigenvalue weighted by molar-refractivity contribution is -0.147. The molecular formula is C23H20N4O5. The summed E-state index contributed by atoms with van der Waals surface area (Å²) in [5.41, 5.74) is 3.18. The minimum absolute atomic E-state index is 0.240. The number of amides is 3. The van der Waals surface area contributed by atoms with Crippen molar-refractivity contribution in [2.24, 2.45) is 0 Å². The maximum atomic E-state index is 12.3. The number of imide groups is 1. The Hall–Kier alpha value is -4.27. The van der Waals surface area contributed by atoms with Crippen LogP contribution >= 0.6 is 0 Å². The van der Waals surface area contributed by atoms with E-state index in [1.54, 1.807) is 23.7 Å². The van der Waals surface area contributed by atoms with Gasteiger partial charge in [-0.3, -0.25) is 24.1 Å². The van der Waals surface area contributed by atoms with E-state index in [0.717, 1.165) is 16.3 Å². The number of aryl methyl sites for hydroxylation is 1. The normalized spacial score (nSPS) is 12.6. The average molecular weight is 432 g/mol. The van der Waals surface area contributed by atoms with Gasteiger partial charge < -0.3 is 10.1 Å². The van der Waals surface area contributed by atoms with Crippen molar-refractivity contribution in [2.45, 2.75) is 13.8 Å². The largest absolute Gasteiger partial charge is 0.454 e. The Labute approximate surface area is 183 Å². The number of nitrogens with one attached hydrogen (secondary N) is 1. The molecule has 9 nitrogen and oxygen atoms in total. The van der Waals surface area contributed by atoms with Gasteiger partial charge in [0.2, 0.25) is 0 Å². The van der Waals surface area contributed by atoms with Crippen LogP contribution in [-0.2, 0) is 14.3 Å².